The summed E-state index contributed by atoms with van der Waals surface area (Å²) >= 11 is 1.63. The van der Waals surface area contributed by atoms with Crippen LogP contribution < -0.4 is 20.3 Å². The Kier molecular flexibility index (Phi) is 4.48. The van der Waals surface area contributed by atoms with Crippen molar-refractivity contribution in [1.29, 1.82) is 0 Å². The SMILES string of the molecule is CC[NH+]1CCc2c(sc3c2C(=O)N[C@@H](c2ccc(OC)c([N+](=O)[O-])c2)N3)C1. The van der Waals surface area contributed by atoms with Crippen LogP contribution in [0.25, 0.3) is 0 Å². The van der Waals surface area contributed by atoms with Gasteiger partial charge in [0.15, 0.2) is 5.75 Å². The average Bonchev–Trinajstić information content (AvgIpc) is 3.05. The quantitative estimate of drug-likeness (QED) is 0.544. The van der Waals surface area contributed by atoms with E-state index < -0.39 is 11.1 Å². The molecule has 2 aliphatic heterocycles. The van der Waals surface area contributed by atoms with Crippen LogP contribution in [0, 0.1) is 10.1 Å². The molecular formula is C18H21N4O4S+. The van der Waals surface area contributed by atoms with E-state index in [0.29, 0.717) is 5.56 Å². The van der Waals surface area contributed by atoms with Gasteiger partial charge in [-0.3, -0.25) is 14.9 Å². The number of nitrogens with one attached hydrogen (secondary N) is 3. The van der Waals surface area contributed by atoms with Gasteiger partial charge in [-0.2, -0.15) is 0 Å². The Balaban J connectivity index is 1.67. The van der Waals surface area contributed by atoms with E-state index in [9.17, 15) is 14.9 Å². The third-order valence-electron chi connectivity index (χ3n) is 5.24. The highest BCUT2D eigenvalue weighted by Gasteiger charge is 2.34. The zero-order chi connectivity index (χ0) is 19.1. The van der Waals surface area contributed by atoms with Crippen molar-refractivity contribution in [2.75, 3.05) is 25.5 Å². The van der Waals surface area contributed by atoms with Crippen molar-refractivity contribution in [3.63, 3.8) is 0 Å². The largest absolute Gasteiger partial charge is 0.490 e. The van der Waals surface area contributed by atoms with E-state index in [1.165, 1.54) is 23.0 Å². The number of anilines is 1. The van der Waals surface area contributed by atoms with E-state index in [2.05, 4.69) is 17.6 Å². The number of hydrogen-bond acceptors (Lipinski definition) is 6. The molecule has 1 amide bonds. The van der Waals surface area contributed by atoms with Gasteiger partial charge in [-0.1, -0.05) is 6.07 Å². The highest BCUT2D eigenvalue weighted by Crippen LogP contribution is 2.40. The number of ether oxygens (including phenoxy) is 1. The fourth-order valence-corrected chi connectivity index (χ4v) is 5.09. The van der Waals surface area contributed by atoms with Gasteiger partial charge in [-0.05, 0) is 18.6 Å². The maximum Gasteiger partial charge on any atom is 0.311 e. The van der Waals surface area contributed by atoms with E-state index in [1.807, 2.05) is 0 Å². The smallest absolute Gasteiger partial charge is 0.311 e. The van der Waals surface area contributed by atoms with E-state index in [4.69, 9.17) is 4.74 Å². The third-order valence-corrected chi connectivity index (χ3v) is 6.40. The van der Waals surface area contributed by atoms with Crippen LogP contribution in [-0.2, 0) is 13.0 Å². The molecule has 4 rings (SSSR count). The number of carbonyl (C=O) groups is 1. The van der Waals surface area contributed by atoms with E-state index >= 15 is 0 Å². The predicted octanol–water partition coefficient (Wildman–Crippen LogP) is 1.48. The van der Waals surface area contributed by atoms with E-state index in [0.717, 1.165) is 42.2 Å². The Hall–Kier alpha value is -2.65. The van der Waals surface area contributed by atoms with E-state index in [-0.39, 0.29) is 17.3 Å². The van der Waals surface area contributed by atoms with Crippen LogP contribution in [0.1, 0.15) is 39.5 Å². The number of quaternary nitrogens is 1. The molecule has 3 N–H and O–H groups in total. The van der Waals surface area contributed by atoms with Crippen molar-refractivity contribution in [1.82, 2.24) is 5.32 Å². The number of thiophene rings is 1. The van der Waals surface area contributed by atoms with Crippen molar-refractivity contribution < 1.29 is 19.4 Å². The Morgan fingerprint density at radius 1 is 1.41 bits per heavy atom. The molecule has 2 atom stereocenters. The normalized spacial score (nSPS) is 20.9. The van der Waals surface area contributed by atoms with Gasteiger partial charge >= 0.3 is 5.69 Å². The molecule has 8 nitrogen and oxygen atoms in total. The van der Waals surface area contributed by atoms with Crippen molar-refractivity contribution >= 4 is 27.9 Å². The molecule has 9 heteroatoms. The summed E-state index contributed by atoms with van der Waals surface area (Å²) in [5, 5.41) is 18.4. The first-order valence-corrected chi connectivity index (χ1v) is 9.71. The molecule has 2 aromatic rings. The first kappa shape index (κ1) is 17.7. The summed E-state index contributed by atoms with van der Waals surface area (Å²) in [5.74, 6) is 0.0745. The zero-order valence-corrected chi connectivity index (χ0v) is 15.9. The van der Waals surface area contributed by atoms with Crippen LogP contribution in [-0.4, -0.2) is 31.0 Å². The molecule has 1 unspecified atom stereocenters. The molecule has 0 saturated carbocycles. The van der Waals surface area contributed by atoms with Gasteiger partial charge in [0.2, 0.25) is 0 Å². The van der Waals surface area contributed by atoms with Crippen molar-refractivity contribution in [2.45, 2.75) is 26.1 Å². The standard InChI is InChI=1S/C18H20N4O4S/c1-3-21-7-6-11-14(9-21)27-18-15(11)17(23)19-16(20-18)10-4-5-13(26-2)12(8-10)22(24)25/h4-5,8,16,20H,3,6-7,9H2,1-2H3,(H,19,23)/p+1/t16-/m1/s1. The molecule has 0 fully saturated rings. The van der Waals surface area contributed by atoms with Crippen LogP contribution in [0.3, 0.4) is 0 Å². The summed E-state index contributed by atoms with van der Waals surface area (Å²) in [4.78, 5) is 26.4. The van der Waals surface area contributed by atoms with Crippen molar-refractivity contribution in [3.05, 3.63) is 49.9 Å². The second-order valence-electron chi connectivity index (χ2n) is 6.73. The number of benzene rings is 1. The lowest BCUT2D eigenvalue weighted by Gasteiger charge is -2.27. The number of nitro benzene ring substituents is 1. The van der Waals surface area contributed by atoms with Gasteiger partial charge in [-0.25, -0.2) is 0 Å². The molecule has 0 spiro atoms. The first-order valence-electron chi connectivity index (χ1n) is 8.89. The summed E-state index contributed by atoms with van der Waals surface area (Å²) < 4.78 is 5.05. The molecule has 142 valence electrons. The van der Waals surface area contributed by atoms with Crippen LogP contribution >= 0.6 is 11.3 Å². The van der Waals surface area contributed by atoms with Crippen molar-refractivity contribution in [3.8, 4) is 5.75 Å². The minimum absolute atomic E-state index is 0.121. The van der Waals surface area contributed by atoms with Gasteiger partial charge < -0.3 is 20.3 Å². The lowest BCUT2D eigenvalue weighted by Crippen LogP contribution is -3.11. The number of hydrogen-bond donors (Lipinski definition) is 3. The predicted molar refractivity (Wildman–Crippen MR) is 102 cm³/mol. The van der Waals surface area contributed by atoms with Gasteiger partial charge in [0.25, 0.3) is 5.91 Å². The number of rotatable bonds is 4. The molecule has 0 aliphatic carbocycles. The average molecular weight is 389 g/mol. The highest BCUT2D eigenvalue weighted by atomic mass is 32.1. The molecule has 1 aromatic heterocycles. The maximum atomic E-state index is 12.8. The second kappa shape index (κ2) is 6.82. The van der Waals surface area contributed by atoms with E-state index in [1.54, 1.807) is 23.5 Å². The third kappa shape index (κ3) is 3.02. The fraction of sp³-hybridized carbons (Fsp3) is 0.389. The molecule has 1 aromatic carbocycles. The Bertz CT molecular complexity index is 926. The lowest BCUT2D eigenvalue weighted by atomic mass is 10.00. The fourth-order valence-electron chi connectivity index (χ4n) is 3.75. The molecule has 3 heterocycles. The Morgan fingerprint density at radius 2 is 2.22 bits per heavy atom. The molecular weight excluding hydrogens is 368 g/mol. The van der Waals surface area contributed by atoms with Crippen LogP contribution in [0.4, 0.5) is 10.7 Å². The minimum atomic E-state index is -0.510. The topological polar surface area (TPSA) is 97.9 Å². The maximum absolute atomic E-state index is 12.8. The molecule has 0 radical (unpaired) electrons. The molecule has 0 saturated heterocycles. The minimum Gasteiger partial charge on any atom is -0.490 e. The zero-order valence-electron chi connectivity index (χ0n) is 15.1. The number of amides is 1. The summed E-state index contributed by atoms with van der Waals surface area (Å²) in [5.41, 5.74) is 2.39. The number of nitro groups is 1. The van der Waals surface area contributed by atoms with Crippen LogP contribution in [0.5, 0.6) is 5.75 Å². The summed E-state index contributed by atoms with van der Waals surface area (Å²) in [7, 11) is 1.40. The second-order valence-corrected chi connectivity index (χ2v) is 7.83. The Labute approximate surface area is 160 Å². The number of nitrogens with zero attached hydrogens (tertiary/aromatic N) is 1. The summed E-state index contributed by atoms with van der Waals surface area (Å²) in [6.07, 6.45) is 0.391. The monoisotopic (exact) mass is 389 g/mol. The molecule has 27 heavy (non-hydrogen) atoms. The number of methoxy groups -OCH3 is 1. The lowest BCUT2D eigenvalue weighted by molar-refractivity contribution is -0.913. The Morgan fingerprint density at radius 3 is 2.93 bits per heavy atom. The van der Waals surface area contributed by atoms with Crippen molar-refractivity contribution in [2.24, 2.45) is 0 Å². The van der Waals surface area contributed by atoms with Crippen LogP contribution in [0.15, 0.2) is 18.2 Å². The highest BCUT2D eigenvalue weighted by molar-refractivity contribution is 7.16. The summed E-state index contributed by atoms with van der Waals surface area (Å²) in [6, 6.07) is 4.72. The number of fused-ring (bicyclic) bond motifs is 3. The van der Waals surface area contributed by atoms with Gasteiger partial charge in [0.1, 0.15) is 17.7 Å². The first-order chi connectivity index (χ1) is 13.0. The molecule has 0 bridgehead atoms. The number of carbonyl (C=O) groups excluding carboxylic acids is 1. The van der Waals surface area contributed by atoms with Gasteiger partial charge in [-0.15, -0.1) is 11.3 Å². The van der Waals surface area contributed by atoms with Gasteiger partial charge in [0.05, 0.1) is 35.6 Å². The van der Waals surface area contributed by atoms with Crippen LogP contribution in [0.2, 0.25) is 0 Å². The summed E-state index contributed by atoms with van der Waals surface area (Å²) in [6.45, 7) is 5.22. The number of likely N-dealkylation sites (N-methyl/N-ethyl adjacent to an activating group) is 1. The molecule has 2 aliphatic rings. The van der Waals surface area contributed by atoms with Gasteiger partial charge in [0, 0.05) is 18.1 Å².